The third-order valence-corrected chi connectivity index (χ3v) is 4.51. The summed E-state index contributed by atoms with van der Waals surface area (Å²) in [6.07, 6.45) is 3.46. The molecule has 1 aromatic carbocycles. The van der Waals surface area contributed by atoms with E-state index in [4.69, 9.17) is 13.9 Å². The molecule has 0 radical (unpaired) electrons. The molecule has 0 aliphatic carbocycles. The van der Waals surface area contributed by atoms with E-state index in [2.05, 4.69) is 15.6 Å². The van der Waals surface area contributed by atoms with Crippen molar-refractivity contribution in [3.05, 3.63) is 60.0 Å². The quantitative estimate of drug-likeness (QED) is 0.513. The highest BCUT2D eigenvalue weighted by Crippen LogP contribution is 2.25. The van der Waals surface area contributed by atoms with Gasteiger partial charge in [-0.25, -0.2) is 10.1 Å². The molecule has 1 fully saturated rings. The maximum atomic E-state index is 12.2. The van der Waals surface area contributed by atoms with Gasteiger partial charge in [0.15, 0.2) is 11.5 Å². The lowest BCUT2D eigenvalue weighted by atomic mass is 10.2. The van der Waals surface area contributed by atoms with Gasteiger partial charge in [-0.3, -0.25) is 4.79 Å². The fourth-order valence-corrected chi connectivity index (χ4v) is 3.11. The highest BCUT2D eigenvalue weighted by atomic mass is 16.7. The molecule has 29 heavy (non-hydrogen) atoms. The zero-order valence-electron chi connectivity index (χ0n) is 16.3. The van der Waals surface area contributed by atoms with Crippen molar-refractivity contribution in [1.29, 1.82) is 0 Å². The first-order chi connectivity index (χ1) is 14.0. The van der Waals surface area contributed by atoms with Crippen LogP contribution in [0.15, 0.2) is 58.2 Å². The van der Waals surface area contributed by atoms with Gasteiger partial charge in [0.1, 0.15) is 11.5 Å². The summed E-state index contributed by atoms with van der Waals surface area (Å²) in [5.41, 5.74) is 4.77. The molecule has 8 nitrogen and oxygen atoms in total. The van der Waals surface area contributed by atoms with Gasteiger partial charge in [-0.2, -0.15) is 10.2 Å². The van der Waals surface area contributed by atoms with Crippen LogP contribution in [0.3, 0.4) is 0 Å². The Morgan fingerprint density at radius 2 is 2.00 bits per heavy atom. The second-order valence-electron chi connectivity index (χ2n) is 6.92. The number of para-hydroxylation sites is 1. The summed E-state index contributed by atoms with van der Waals surface area (Å²) in [4.78, 5) is 12.2. The van der Waals surface area contributed by atoms with Gasteiger partial charge in [0.05, 0.1) is 31.5 Å². The van der Waals surface area contributed by atoms with Crippen molar-refractivity contribution in [3.8, 4) is 17.1 Å². The van der Waals surface area contributed by atoms with E-state index < -0.39 is 5.79 Å². The van der Waals surface area contributed by atoms with Crippen molar-refractivity contribution in [2.45, 2.75) is 26.1 Å². The molecule has 1 amide bonds. The Bertz CT molecular complexity index is 1020. The third kappa shape index (κ3) is 4.44. The lowest BCUT2D eigenvalue weighted by Crippen LogP contribution is -2.33. The van der Waals surface area contributed by atoms with Crippen molar-refractivity contribution in [2.24, 2.45) is 5.10 Å². The van der Waals surface area contributed by atoms with Crippen LogP contribution in [0.4, 0.5) is 0 Å². The molecule has 0 spiro atoms. The smallest absolute Gasteiger partial charge is 0.245 e. The molecule has 0 atom stereocenters. The van der Waals surface area contributed by atoms with Crippen molar-refractivity contribution >= 4 is 12.1 Å². The summed E-state index contributed by atoms with van der Waals surface area (Å²) in [5.74, 6) is 0.228. The highest BCUT2D eigenvalue weighted by molar-refractivity contribution is 5.88. The number of aromatic nitrogens is 2. The Morgan fingerprint density at radius 3 is 2.69 bits per heavy atom. The second kappa shape index (κ2) is 8.02. The Balaban J connectivity index is 1.54. The zero-order chi connectivity index (χ0) is 20.3. The predicted molar refractivity (Wildman–Crippen MR) is 107 cm³/mol. The molecule has 150 valence electrons. The SMILES string of the molecule is Cc1ccc(-c2nn(-c3ccccc3)cc2/C=N\NC(=O)CC2(C)OCCO2)o1. The normalized spacial score (nSPS) is 15.8. The fourth-order valence-electron chi connectivity index (χ4n) is 3.11. The number of nitrogens with zero attached hydrogens (tertiary/aromatic N) is 3. The van der Waals surface area contributed by atoms with Gasteiger partial charge in [-0.1, -0.05) is 18.2 Å². The van der Waals surface area contributed by atoms with E-state index in [9.17, 15) is 4.79 Å². The molecule has 3 heterocycles. The molecule has 4 rings (SSSR count). The van der Waals surface area contributed by atoms with Crippen LogP contribution in [-0.4, -0.2) is 40.9 Å². The van der Waals surface area contributed by atoms with Crippen LogP contribution in [-0.2, 0) is 14.3 Å². The topological polar surface area (TPSA) is 90.9 Å². The Labute approximate surface area is 168 Å². The van der Waals surface area contributed by atoms with Crippen molar-refractivity contribution < 1.29 is 18.7 Å². The van der Waals surface area contributed by atoms with E-state index in [0.29, 0.717) is 30.2 Å². The summed E-state index contributed by atoms with van der Waals surface area (Å²) in [6, 6.07) is 13.5. The number of rotatable bonds is 6. The molecular formula is C21H22N4O4. The standard InChI is InChI=1S/C21H22N4O4/c1-15-8-9-18(29-15)20-16(14-25(24-20)17-6-4-3-5-7-17)13-22-23-19(26)12-21(2)27-10-11-28-21/h3-9,13-14H,10-12H2,1-2H3,(H,23,26)/b22-13-. The second-order valence-corrected chi connectivity index (χ2v) is 6.92. The zero-order valence-corrected chi connectivity index (χ0v) is 16.3. The van der Waals surface area contributed by atoms with E-state index >= 15 is 0 Å². The molecule has 0 unspecified atom stereocenters. The van der Waals surface area contributed by atoms with E-state index in [1.165, 1.54) is 0 Å². The first kappa shape index (κ1) is 19.1. The monoisotopic (exact) mass is 394 g/mol. The summed E-state index contributed by atoms with van der Waals surface area (Å²) < 4.78 is 18.4. The van der Waals surface area contributed by atoms with Crippen LogP contribution < -0.4 is 5.43 Å². The largest absolute Gasteiger partial charge is 0.460 e. The molecule has 8 heteroatoms. The van der Waals surface area contributed by atoms with Crippen LogP contribution in [0.2, 0.25) is 0 Å². The van der Waals surface area contributed by atoms with Crippen molar-refractivity contribution in [2.75, 3.05) is 13.2 Å². The van der Waals surface area contributed by atoms with Gasteiger partial charge in [0.25, 0.3) is 0 Å². The van der Waals surface area contributed by atoms with Crippen LogP contribution in [0.1, 0.15) is 24.7 Å². The fraction of sp³-hybridized carbons (Fsp3) is 0.286. The maximum Gasteiger partial charge on any atom is 0.245 e. The third-order valence-electron chi connectivity index (χ3n) is 4.51. The van der Waals surface area contributed by atoms with Gasteiger partial charge in [0, 0.05) is 11.8 Å². The maximum absolute atomic E-state index is 12.2. The Morgan fingerprint density at radius 1 is 1.24 bits per heavy atom. The molecule has 3 aromatic rings. The number of amides is 1. The van der Waals surface area contributed by atoms with Crippen molar-refractivity contribution in [1.82, 2.24) is 15.2 Å². The minimum absolute atomic E-state index is 0.0673. The molecular weight excluding hydrogens is 372 g/mol. The Hall–Kier alpha value is -3.23. The van der Waals surface area contributed by atoms with E-state index in [-0.39, 0.29) is 12.3 Å². The summed E-state index contributed by atoms with van der Waals surface area (Å²) in [5, 5.41) is 8.72. The van der Waals surface area contributed by atoms with Crippen LogP contribution in [0.25, 0.3) is 17.1 Å². The number of hydrazone groups is 1. The minimum atomic E-state index is -0.894. The molecule has 0 saturated carbocycles. The van der Waals surface area contributed by atoms with Crippen molar-refractivity contribution in [3.63, 3.8) is 0 Å². The van der Waals surface area contributed by atoms with E-state index in [1.807, 2.05) is 55.6 Å². The lowest BCUT2D eigenvalue weighted by Gasteiger charge is -2.20. The predicted octanol–water partition coefficient (Wildman–Crippen LogP) is 3.04. The number of nitrogens with one attached hydrogen (secondary N) is 1. The van der Waals surface area contributed by atoms with Crippen LogP contribution >= 0.6 is 0 Å². The highest BCUT2D eigenvalue weighted by Gasteiger charge is 2.33. The molecule has 1 saturated heterocycles. The number of ether oxygens (including phenoxy) is 2. The molecule has 2 aromatic heterocycles. The number of carbonyl (C=O) groups is 1. The van der Waals surface area contributed by atoms with Gasteiger partial charge in [-0.05, 0) is 38.1 Å². The number of furan rings is 1. The number of benzene rings is 1. The van der Waals surface area contributed by atoms with E-state index in [0.717, 1.165) is 11.4 Å². The van der Waals surface area contributed by atoms with Crippen LogP contribution in [0.5, 0.6) is 0 Å². The first-order valence-corrected chi connectivity index (χ1v) is 9.34. The van der Waals surface area contributed by atoms with E-state index in [1.54, 1.807) is 17.8 Å². The first-order valence-electron chi connectivity index (χ1n) is 9.34. The van der Waals surface area contributed by atoms with Crippen LogP contribution in [0, 0.1) is 6.92 Å². The minimum Gasteiger partial charge on any atom is -0.460 e. The average molecular weight is 394 g/mol. The summed E-state index contributed by atoms with van der Waals surface area (Å²) in [6.45, 7) is 4.58. The number of aryl methyl sites for hydroxylation is 1. The average Bonchev–Trinajstić information content (AvgIpc) is 3.42. The van der Waals surface area contributed by atoms with Gasteiger partial charge in [0.2, 0.25) is 5.91 Å². The molecule has 0 bridgehead atoms. The molecule has 1 N–H and O–H groups in total. The summed E-state index contributed by atoms with van der Waals surface area (Å²) >= 11 is 0. The Kier molecular flexibility index (Phi) is 5.28. The summed E-state index contributed by atoms with van der Waals surface area (Å²) in [7, 11) is 0. The number of hydrogen-bond donors (Lipinski definition) is 1. The van der Waals surface area contributed by atoms with Gasteiger partial charge in [-0.15, -0.1) is 0 Å². The lowest BCUT2D eigenvalue weighted by molar-refractivity contribution is -0.159. The van der Waals surface area contributed by atoms with Gasteiger partial charge >= 0.3 is 0 Å². The number of hydrogen-bond acceptors (Lipinski definition) is 6. The van der Waals surface area contributed by atoms with Gasteiger partial charge < -0.3 is 13.9 Å². The molecule has 1 aliphatic heterocycles. The number of carbonyl (C=O) groups excluding carboxylic acids is 1. The molecule has 1 aliphatic rings.